The molecule has 0 fully saturated rings. The maximum atomic E-state index is 8.02. The van der Waals surface area contributed by atoms with Crippen LogP contribution in [0.4, 0.5) is 0 Å². The van der Waals surface area contributed by atoms with Gasteiger partial charge in [0.25, 0.3) is 0 Å². The summed E-state index contributed by atoms with van der Waals surface area (Å²) in [6.07, 6.45) is 3.40. The van der Waals surface area contributed by atoms with Gasteiger partial charge in [0.15, 0.2) is 12.1 Å². The fraction of sp³-hybridized carbons (Fsp3) is 0. The summed E-state index contributed by atoms with van der Waals surface area (Å²) in [5.74, 6) is 0. The van der Waals surface area contributed by atoms with Crippen LogP contribution in [0.2, 0.25) is 0 Å². The van der Waals surface area contributed by atoms with Crippen molar-refractivity contribution in [3.63, 3.8) is 0 Å². The maximum Gasteiger partial charge on any atom is 0.210 e. The molecular weight excluding hydrogens is 92.1 g/mol. The van der Waals surface area contributed by atoms with Crippen molar-refractivity contribution in [2.24, 2.45) is 0 Å². The van der Waals surface area contributed by atoms with Crippen LogP contribution in [0.15, 0.2) is 10.8 Å². The van der Waals surface area contributed by atoms with Crippen LogP contribution >= 0.6 is 0 Å². The molecule has 3 heteroatoms. The SMILES string of the molecule is N#Cc1[c]ocn1. The normalized spacial score (nSPS) is 7.86. The number of nitrogens with zero attached hydrogens (tertiary/aromatic N) is 2. The van der Waals surface area contributed by atoms with Gasteiger partial charge in [-0.15, -0.1) is 0 Å². The standard InChI is InChI=1S/C4HN2O/c5-1-4-2-7-3-6-4/h3H. The molecule has 1 heterocycles. The highest BCUT2D eigenvalue weighted by Gasteiger charge is 1.87. The van der Waals surface area contributed by atoms with E-state index in [1.54, 1.807) is 6.07 Å². The quantitative estimate of drug-likeness (QED) is 0.465. The summed E-state index contributed by atoms with van der Waals surface area (Å²) in [6, 6.07) is 1.75. The van der Waals surface area contributed by atoms with E-state index in [0.29, 0.717) is 0 Å². The zero-order valence-corrected chi connectivity index (χ0v) is 3.38. The largest absolute Gasteiger partial charge is 0.439 e. The van der Waals surface area contributed by atoms with Gasteiger partial charge >= 0.3 is 0 Å². The number of hydrogen-bond donors (Lipinski definition) is 0. The molecule has 33 valence electrons. The van der Waals surface area contributed by atoms with Crippen molar-refractivity contribution >= 4 is 0 Å². The molecule has 0 atom stereocenters. The van der Waals surface area contributed by atoms with E-state index >= 15 is 0 Å². The lowest BCUT2D eigenvalue weighted by molar-refractivity contribution is 0.549. The molecule has 0 bridgehead atoms. The van der Waals surface area contributed by atoms with Crippen LogP contribution in [-0.2, 0) is 0 Å². The van der Waals surface area contributed by atoms with Crippen LogP contribution in [0.3, 0.4) is 0 Å². The predicted molar refractivity (Wildman–Crippen MR) is 20.1 cm³/mol. The second-order valence-corrected chi connectivity index (χ2v) is 0.915. The summed E-state index contributed by atoms with van der Waals surface area (Å²) in [4.78, 5) is 3.45. The molecule has 0 aliphatic heterocycles. The molecule has 0 aliphatic carbocycles. The third kappa shape index (κ3) is 0.578. The van der Waals surface area contributed by atoms with Gasteiger partial charge in [-0.2, -0.15) is 5.26 Å². The Morgan fingerprint density at radius 2 is 2.86 bits per heavy atom. The first-order valence-corrected chi connectivity index (χ1v) is 1.65. The average molecular weight is 93.1 g/mol. The van der Waals surface area contributed by atoms with Crippen molar-refractivity contribution in [3.8, 4) is 6.07 Å². The second-order valence-electron chi connectivity index (χ2n) is 0.915. The summed E-state index contributed by atoms with van der Waals surface area (Å²) in [5.41, 5.74) is 0.194. The Morgan fingerprint density at radius 3 is 3.14 bits per heavy atom. The summed E-state index contributed by atoms with van der Waals surface area (Å²) < 4.78 is 4.35. The first-order valence-electron chi connectivity index (χ1n) is 1.65. The van der Waals surface area contributed by atoms with Gasteiger partial charge in [0.1, 0.15) is 6.07 Å². The highest BCUT2D eigenvalue weighted by molar-refractivity contribution is 5.10. The molecule has 1 aromatic heterocycles. The van der Waals surface area contributed by atoms with Gasteiger partial charge in [-0.1, -0.05) is 0 Å². The number of oxazole rings is 1. The maximum absolute atomic E-state index is 8.02. The Bertz CT molecular complexity index is 172. The van der Waals surface area contributed by atoms with E-state index < -0.39 is 0 Å². The van der Waals surface area contributed by atoms with Gasteiger partial charge < -0.3 is 4.42 Å². The molecule has 0 amide bonds. The van der Waals surface area contributed by atoms with Crippen molar-refractivity contribution in [2.45, 2.75) is 0 Å². The smallest absolute Gasteiger partial charge is 0.210 e. The Kier molecular flexibility index (Phi) is 0.794. The second kappa shape index (κ2) is 1.43. The number of rotatable bonds is 0. The summed E-state index contributed by atoms with van der Waals surface area (Å²) in [7, 11) is 0. The van der Waals surface area contributed by atoms with Gasteiger partial charge in [0, 0.05) is 0 Å². The highest BCUT2D eigenvalue weighted by Crippen LogP contribution is 1.86. The molecule has 1 aromatic rings. The molecule has 0 N–H and O–H groups in total. The topological polar surface area (TPSA) is 49.8 Å². The molecule has 0 spiro atoms. The van der Waals surface area contributed by atoms with Crippen molar-refractivity contribution in [3.05, 3.63) is 18.4 Å². The molecule has 7 heavy (non-hydrogen) atoms. The molecule has 0 saturated carbocycles. The number of aromatic nitrogens is 1. The Hall–Kier alpha value is -1.30. The molecular formula is C4HN2O. The lowest BCUT2D eigenvalue weighted by Gasteiger charge is -1.57. The Labute approximate surface area is 40.2 Å². The van der Waals surface area contributed by atoms with Crippen LogP contribution in [-0.4, -0.2) is 4.98 Å². The highest BCUT2D eigenvalue weighted by atomic mass is 16.3. The minimum Gasteiger partial charge on any atom is -0.439 e. The molecule has 0 unspecified atom stereocenters. The third-order valence-corrected chi connectivity index (χ3v) is 0.496. The van der Waals surface area contributed by atoms with Crippen LogP contribution in [0.5, 0.6) is 0 Å². The van der Waals surface area contributed by atoms with Gasteiger partial charge in [-0.25, -0.2) is 4.98 Å². The van der Waals surface area contributed by atoms with Crippen LogP contribution in [0.25, 0.3) is 0 Å². The van der Waals surface area contributed by atoms with E-state index in [-0.39, 0.29) is 5.69 Å². The first kappa shape index (κ1) is 3.88. The summed E-state index contributed by atoms with van der Waals surface area (Å²) in [6.45, 7) is 0. The van der Waals surface area contributed by atoms with Gasteiger partial charge in [0.2, 0.25) is 6.26 Å². The zero-order valence-electron chi connectivity index (χ0n) is 3.38. The van der Waals surface area contributed by atoms with E-state index in [2.05, 4.69) is 15.7 Å². The molecule has 0 aromatic carbocycles. The molecule has 1 rings (SSSR count). The Morgan fingerprint density at radius 1 is 2.00 bits per heavy atom. The average Bonchev–Trinajstić information content (AvgIpc) is 2.14. The van der Waals surface area contributed by atoms with E-state index in [4.69, 9.17) is 5.26 Å². The summed E-state index contributed by atoms with van der Waals surface area (Å²) >= 11 is 0. The zero-order chi connectivity index (χ0) is 5.11. The van der Waals surface area contributed by atoms with E-state index in [1.165, 1.54) is 6.39 Å². The van der Waals surface area contributed by atoms with Crippen molar-refractivity contribution in [1.82, 2.24) is 4.98 Å². The number of hydrogen-bond acceptors (Lipinski definition) is 3. The number of nitriles is 1. The lowest BCUT2D eigenvalue weighted by Crippen LogP contribution is -1.65. The molecule has 0 aliphatic rings. The minimum absolute atomic E-state index is 0.194. The van der Waals surface area contributed by atoms with Crippen molar-refractivity contribution in [2.75, 3.05) is 0 Å². The van der Waals surface area contributed by atoms with Gasteiger partial charge in [-0.3, -0.25) is 0 Å². The lowest BCUT2D eigenvalue weighted by atomic mass is 10.6. The van der Waals surface area contributed by atoms with Crippen LogP contribution in [0.1, 0.15) is 5.69 Å². The predicted octanol–water partition coefficient (Wildman–Crippen LogP) is 0.346. The van der Waals surface area contributed by atoms with Gasteiger partial charge in [0.05, 0.1) is 0 Å². The minimum atomic E-state index is 0.194. The van der Waals surface area contributed by atoms with E-state index in [0.717, 1.165) is 0 Å². The van der Waals surface area contributed by atoms with Crippen LogP contribution in [0, 0.1) is 17.6 Å². The monoisotopic (exact) mass is 93.0 g/mol. The van der Waals surface area contributed by atoms with Crippen molar-refractivity contribution in [1.29, 1.82) is 5.26 Å². The fourth-order valence-corrected chi connectivity index (χ4v) is 0.239. The van der Waals surface area contributed by atoms with Crippen molar-refractivity contribution < 1.29 is 4.42 Å². The third-order valence-electron chi connectivity index (χ3n) is 0.496. The van der Waals surface area contributed by atoms with E-state index in [9.17, 15) is 0 Å². The fourth-order valence-electron chi connectivity index (χ4n) is 0.239. The Balaban J connectivity index is 3.04. The molecule has 3 nitrogen and oxygen atoms in total. The van der Waals surface area contributed by atoms with Gasteiger partial charge in [-0.05, 0) is 0 Å². The van der Waals surface area contributed by atoms with Crippen LogP contribution < -0.4 is 0 Å². The molecule has 0 saturated heterocycles. The van der Waals surface area contributed by atoms with E-state index in [1.807, 2.05) is 0 Å². The first-order chi connectivity index (χ1) is 3.43. The molecule has 1 radical (unpaired) electrons. The summed E-state index contributed by atoms with van der Waals surface area (Å²) in [5, 5.41) is 8.02.